The monoisotopic (exact) mass is 654 g/mol. The quantitative estimate of drug-likeness (QED) is 0.208. The highest BCUT2D eigenvalue weighted by molar-refractivity contribution is 6.26. The van der Waals surface area contributed by atoms with E-state index < -0.39 is 28.2 Å². The third-order valence-corrected chi connectivity index (χ3v) is 10.4. The normalized spacial score (nSPS) is 18.0. The summed E-state index contributed by atoms with van der Waals surface area (Å²) in [6, 6.07) is 12.0. The smallest absolute Gasteiger partial charge is 0.318 e. The summed E-state index contributed by atoms with van der Waals surface area (Å²) in [6.45, 7) is 16.1. The number of aliphatic carboxylic acids is 2. The van der Waals surface area contributed by atoms with Gasteiger partial charge < -0.3 is 10.2 Å². The Bertz CT molecular complexity index is 1580. The summed E-state index contributed by atoms with van der Waals surface area (Å²) >= 11 is 0. The van der Waals surface area contributed by atoms with Crippen molar-refractivity contribution in [2.24, 2.45) is 16.2 Å². The Hall–Kier alpha value is -3.80. The lowest BCUT2D eigenvalue weighted by Gasteiger charge is -2.46. The van der Waals surface area contributed by atoms with Crippen molar-refractivity contribution in [3.63, 3.8) is 0 Å². The molecule has 48 heavy (non-hydrogen) atoms. The number of benzene rings is 2. The highest BCUT2D eigenvalue weighted by Gasteiger charge is 2.54. The molecule has 4 rings (SSSR count). The van der Waals surface area contributed by atoms with Crippen LogP contribution in [0.3, 0.4) is 0 Å². The number of allylic oxidation sites excluding steroid dienone is 2. The SMILES string of the molecule is Cc1ccc(C2=C(C(CCCCCCCC(=O)O)(C(=O)O)C3=C(c4ccc(C)cc4C)C(=O)CC(C)(C)C3)CC(C)(C)CC2=O)c(C)c1. The molecule has 2 N–H and O–H groups in total. The summed E-state index contributed by atoms with van der Waals surface area (Å²) in [5.41, 5.74) is 5.24. The van der Waals surface area contributed by atoms with Gasteiger partial charge in [-0.1, -0.05) is 101 Å². The second-order valence-electron chi connectivity index (χ2n) is 16.1. The molecule has 2 aliphatic rings. The first-order valence-electron chi connectivity index (χ1n) is 17.5. The number of unbranched alkanes of at least 4 members (excludes halogenated alkanes) is 4. The lowest BCUT2D eigenvalue weighted by molar-refractivity contribution is -0.145. The van der Waals surface area contributed by atoms with Crippen molar-refractivity contribution in [1.29, 1.82) is 0 Å². The van der Waals surface area contributed by atoms with Gasteiger partial charge in [0.2, 0.25) is 0 Å². The van der Waals surface area contributed by atoms with Gasteiger partial charge in [0.15, 0.2) is 11.6 Å². The van der Waals surface area contributed by atoms with Crippen LogP contribution in [0.1, 0.15) is 132 Å². The molecule has 2 aromatic rings. The van der Waals surface area contributed by atoms with Crippen LogP contribution in [0.25, 0.3) is 11.1 Å². The van der Waals surface area contributed by atoms with Crippen LogP contribution < -0.4 is 0 Å². The van der Waals surface area contributed by atoms with Gasteiger partial charge in [-0.15, -0.1) is 0 Å². The van der Waals surface area contributed by atoms with Crippen LogP contribution in [0.15, 0.2) is 47.5 Å². The van der Waals surface area contributed by atoms with Crippen LogP contribution in [-0.4, -0.2) is 33.7 Å². The Labute approximate surface area is 286 Å². The van der Waals surface area contributed by atoms with Gasteiger partial charge in [0.25, 0.3) is 0 Å². The van der Waals surface area contributed by atoms with Crippen LogP contribution in [0, 0.1) is 43.9 Å². The molecule has 0 saturated heterocycles. The van der Waals surface area contributed by atoms with Crippen molar-refractivity contribution in [3.8, 4) is 0 Å². The molecular formula is C42H54O6. The van der Waals surface area contributed by atoms with E-state index in [-0.39, 0.29) is 24.4 Å². The summed E-state index contributed by atoms with van der Waals surface area (Å²) < 4.78 is 0. The Morgan fingerprint density at radius 3 is 1.46 bits per heavy atom. The number of hydrogen-bond acceptors (Lipinski definition) is 4. The van der Waals surface area contributed by atoms with E-state index in [2.05, 4.69) is 0 Å². The van der Waals surface area contributed by atoms with E-state index in [4.69, 9.17) is 5.11 Å². The lowest BCUT2D eigenvalue weighted by Crippen LogP contribution is -2.44. The van der Waals surface area contributed by atoms with Crippen molar-refractivity contribution >= 4 is 34.7 Å². The molecule has 0 amide bonds. The van der Waals surface area contributed by atoms with Crippen LogP contribution in [0.4, 0.5) is 0 Å². The largest absolute Gasteiger partial charge is 0.481 e. The summed E-state index contributed by atoms with van der Waals surface area (Å²) in [7, 11) is 0. The molecule has 0 saturated carbocycles. The zero-order valence-electron chi connectivity index (χ0n) is 30.3. The fourth-order valence-electron chi connectivity index (χ4n) is 8.23. The van der Waals surface area contributed by atoms with Crippen molar-refractivity contribution < 1.29 is 29.4 Å². The topological polar surface area (TPSA) is 109 Å². The second-order valence-corrected chi connectivity index (χ2v) is 16.1. The minimum atomic E-state index is -1.58. The predicted octanol–water partition coefficient (Wildman–Crippen LogP) is 9.79. The van der Waals surface area contributed by atoms with Gasteiger partial charge in [-0.2, -0.15) is 0 Å². The highest BCUT2D eigenvalue weighted by Crippen LogP contribution is 2.58. The molecule has 0 fully saturated rings. The second kappa shape index (κ2) is 14.4. The number of carboxylic acid groups (broad SMARTS) is 2. The molecular weight excluding hydrogens is 600 g/mol. The van der Waals surface area contributed by atoms with Crippen LogP contribution in [0.2, 0.25) is 0 Å². The molecule has 0 spiro atoms. The fraction of sp³-hybridized carbons (Fsp3) is 0.524. The molecule has 258 valence electrons. The summed E-state index contributed by atoms with van der Waals surface area (Å²) in [5.74, 6) is -1.94. The molecule has 2 aliphatic carbocycles. The fourth-order valence-corrected chi connectivity index (χ4v) is 8.23. The minimum Gasteiger partial charge on any atom is -0.481 e. The molecule has 6 heteroatoms. The maximum atomic E-state index is 14.4. The number of Topliss-reactive ketones (excluding diaryl/α,β-unsaturated/α-hetero) is 2. The number of ketones is 2. The van der Waals surface area contributed by atoms with Crippen LogP contribution in [0.5, 0.6) is 0 Å². The van der Waals surface area contributed by atoms with Gasteiger partial charge in [0.1, 0.15) is 5.41 Å². The molecule has 0 aliphatic heterocycles. The Morgan fingerprint density at radius 2 is 1.06 bits per heavy atom. The predicted molar refractivity (Wildman–Crippen MR) is 192 cm³/mol. The molecule has 2 aromatic carbocycles. The standard InChI is InChI=1S/C42H54O6/c1-26-15-17-30(28(3)20-26)37-32(22-40(5,6)24-34(37)43)42(39(47)48,19-13-11-9-10-12-14-36(45)46)33-23-41(7,8)25-35(44)38(33)31-18-16-27(2)21-29(31)4/h15-18,20-21H,9-14,19,22-25H2,1-8H3,(H,45,46)(H,47,48). The third kappa shape index (κ3) is 7.90. The minimum absolute atomic E-state index is 0.0532. The Balaban J connectivity index is 2.08. The zero-order chi connectivity index (χ0) is 35.6. The molecule has 0 unspecified atom stereocenters. The third-order valence-electron chi connectivity index (χ3n) is 10.4. The van der Waals surface area contributed by atoms with E-state index in [9.17, 15) is 24.3 Å². The Kier molecular flexibility index (Phi) is 11.1. The van der Waals surface area contributed by atoms with Gasteiger partial charge >= 0.3 is 11.9 Å². The maximum Gasteiger partial charge on any atom is 0.318 e. The van der Waals surface area contributed by atoms with E-state index in [1.807, 2.05) is 91.8 Å². The number of carbonyl (C=O) groups excluding carboxylic acids is 2. The van der Waals surface area contributed by atoms with E-state index >= 15 is 0 Å². The van der Waals surface area contributed by atoms with Crippen molar-refractivity contribution in [2.75, 3.05) is 0 Å². The van der Waals surface area contributed by atoms with Crippen molar-refractivity contribution in [2.45, 2.75) is 126 Å². The highest BCUT2D eigenvalue weighted by atomic mass is 16.4. The number of carboxylic acids is 2. The van der Waals surface area contributed by atoms with E-state index in [1.54, 1.807) is 0 Å². The lowest BCUT2D eigenvalue weighted by atomic mass is 9.55. The van der Waals surface area contributed by atoms with Crippen LogP contribution in [-0.2, 0) is 19.2 Å². The molecule has 0 atom stereocenters. The van der Waals surface area contributed by atoms with Crippen LogP contribution >= 0.6 is 0 Å². The molecule has 0 bridgehead atoms. The van der Waals surface area contributed by atoms with Gasteiger partial charge in [-0.05, 0) is 97.6 Å². The number of rotatable bonds is 13. The first kappa shape index (κ1) is 37.0. The number of aryl methyl sites for hydroxylation is 4. The molecule has 0 aromatic heterocycles. The summed E-state index contributed by atoms with van der Waals surface area (Å²) in [6.07, 6.45) is 5.23. The van der Waals surface area contributed by atoms with Gasteiger partial charge in [-0.25, -0.2) is 0 Å². The molecule has 6 nitrogen and oxygen atoms in total. The maximum absolute atomic E-state index is 14.4. The first-order chi connectivity index (χ1) is 22.4. The van der Waals surface area contributed by atoms with Gasteiger partial charge in [0, 0.05) is 30.4 Å². The van der Waals surface area contributed by atoms with E-state index in [1.165, 1.54) is 0 Å². The Morgan fingerprint density at radius 1 is 0.646 bits per heavy atom. The number of hydrogen-bond donors (Lipinski definition) is 2. The summed E-state index contributed by atoms with van der Waals surface area (Å²) in [5, 5.41) is 20.8. The first-order valence-corrected chi connectivity index (χ1v) is 17.5. The molecule has 0 radical (unpaired) electrons. The van der Waals surface area contributed by atoms with Gasteiger partial charge in [0.05, 0.1) is 0 Å². The molecule has 0 heterocycles. The van der Waals surface area contributed by atoms with E-state index in [0.717, 1.165) is 52.6 Å². The average molecular weight is 655 g/mol. The van der Waals surface area contributed by atoms with E-state index in [0.29, 0.717) is 60.8 Å². The number of carbonyl (C=O) groups is 4. The van der Waals surface area contributed by atoms with Crippen molar-refractivity contribution in [1.82, 2.24) is 0 Å². The summed E-state index contributed by atoms with van der Waals surface area (Å²) in [4.78, 5) is 54.2. The van der Waals surface area contributed by atoms with Gasteiger partial charge in [-0.3, -0.25) is 19.2 Å². The zero-order valence-corrected chi connectivity index (χ0v) is 30.3. The van der Waals surface area contributed by atoms with Crippen molar-refractivity contribution in [3.05, 3.63) is 80.9 Å². The average Bonchev–Trinajstić information content (AvgIpc) is 2.94.